The summed E-state index contributed by atoms with van der Waals surface area (Å²) in [4.78, 5) is 26.3. The van der Waals surface area contributed by atoms with Crippen LogP contribution in [0.2, 0.25) is 0 Å². The summed E-state index contributed by atoms with van der Waals surface area (Å²) in [5.74, 6) is -0.250. The molecule has 0 bridgehead atoms. The van der Waals surface area contributed by atoms with Crippen LogP contribution in [0.3, 0.4) is 0 Å². The van der Waals surface area contributed by atoms with E-state index in [0.29, 0.717) is 28.0 Å². The first-order valence-electron chi connectivity index (χ1n) is 11.8. The molecule has 0 fully saturated rings. The van der Waals surface area contributed by atoms with Gasteiger partial charge in [-0.05, 0) is 52.1 Å². The van der Waals surface area contributed by atoms with Crippen molar-refractivity contribution in [2.75, 3.05) is 7.11 Å². The summed E-state index contributed by atoms with van der Waals surface area (Å²) in [5.41, 5.74) is 0.576. The monoisotopic (exact) mass is 598 g/mol. The summed E-state index contributed by atoms with van der Waals surface area (Å²) in [6, 6.07) is 12.6. The number of nitrogens with one attached hydrogen (secondary N) is 1. The molecule has 8 nitrogen and oxygen atoms in total. The highest BCUT2D eigenvalue weighted by atomic mass is 32.2. The van der Waals surface area contributed by atoms with Gasteiger partial charge in [0.1, 0.15) is 11.5 Å². The quantitative estimate of drug-likeness (QED) is 0.232. The van der Waals surface area contributed by atoms with E-state index in [9.17, 15) is 40.0 Å². The molecule has 3 aromatic carbocycles. The molecular formula is C27H23F5N2O6S. The fraction of sp³-hybridized carbons (Fsp3) is 0.259. The van der Waals surface area contributed by atoms with E-state index in [1.165, 1.54) is 36.1 Å². The summed E-state index contributed by atoms with van der Waals surface area (Å²) in [5, 5.41) is -5.38. The average Bonchev–Trinajstić information content (AvgIpc) is 2.86. The number of hydrogen-bond donors (Lipinski definition) is 1. The highest BCUT2D eigenvalue weighted by Crippen LogP contribution is 2.43. The number of fused-ring (bicyclic) bond motifs is 1. The number of alkyl halides is 5. The van der Waals surface area contributed by atoms with Gasteiger partial charge in [-0.2, -0.15) is 30.4 Å². The van der Waals surface area contributed by atoms with Crippen LogP contribution in [0.25, 0.3) is 27.6 Å². The highest BCUT2D eigenvalue weighted by Gasteiger charge is 2.69. The van der Waals surface area contributed by atoms with Gasteiger partial charge in [-0.1, -0.05) is 39.0 Å². The van der Waals surface area contributed by atoms with Gasteiger partial charge >= 0.3 is 27.2 Å². The summed E-state index contributed by atoms with van der Waals surface area (Å²) >= 11 is 0. The predicted octanol–water partition coefficient (Wildman–Crippen LogP) is 5.52. The van der Waals surface area contributed by atoms with Gasteiger partial charge in [-0.25, -0.2) is 4.79 Å². The molecule has 0 saturated heterocycles. The second-order valence-corrected chi connectivity index (χ2v) is 11.7. The van der Waals surface area contributed by atoms with E-state index in [1.54, 1.807) is 24.3 Å². The summed E-state index contributed by atoms with van der Waals surface area (Å²) in [6.45, 7) is 5.81. The molecule has 1 aromatic heterocycles. The number of aromatic amines is 1. The molecule has 0 amide bonds. The van der Waals surface area contributed by atoms with E-state index in [-0.39, 0.29) is 5.39 Å². The molecule has 0 aliphatic heterocycles. The summed E-state index contributed by atoms with van der Waals surface area (Å²) < 4.78 is 99.1. The maximum absolute atomic E-state index is 13.4. The maximum Gasteiger partial charge on any atom is 0.475 e. The third-order valence-electron chi connectivity index (χ3n) is 6.16. The average molecular weight is 599 g/mol. The Morgan fingerprint density at radius 2 is 1.49 bits per heavy atom. The van der Waals surface area contributed by atoms with Crippen LogP contribution in [-0.4, -0.2) is 36.5 Å². The van der Waals surface area contributed by atoms with Gasteiger partial charge in [0.15, 0.2) is 0 Å². The molecule has 218 valence electrons. The number of benzene rings is 3. The van der Waals surface area contributed by atoms with Crippen LogP contribution >= 0.6 is 0 Å². The summed E-state index contributed by atoms with van der Waals surface area (Å²) in [6.07, 6.45) is -5.03. The zero-order valence-electron chi connectivity index (χ0n) is 22.0. The van der Waals surface area contributed by atoms with E-state index in [4.69, 9.17) is 4.74 Å². The Kier molecular flexibility index (Phi) is 7.27. The first kappa shape index (κ1) is 29.8. The van der Waals surface area contributed by atoms with Gasteiger partial charge in [-0.3, -0.25) is 14.3 Å². The van der Waals surface area contributed by atoms with Crippen LogP contribution in [0.1, 0.15) is 26.3 Å². The third-order valence-corrected chi connectivity index (χ3v) is 7.43. The Bertz CT molecular complexity index is 1870. The first-order valence-corrected chi connectivity index (χ1v) is 13.2. The topological polar surface area (TPSA) is 107 Å². The van der Waals surface area contributed by atoms with E-state index in [0.717, 1.165) is 17.7 Å². The van der Waals surface area contributed by atoms with Gasteiger partial charge < -0.3 is 8.92 Å². The number of aromatic nitrogens is 2. The van der Waals surface area contributed by atoms with Gasteiger partial charge in [0.05, 0.1) is 12.8 Å². The van der Waals surface area contributed by atoms with Gasteiger partial charge in [0, 0.05) is 23.4 Å². The second kappa shape index (κ2) is 10.0. The Hall–Kier alpha value is -4.20. The fourth-order valence-electron chi connectivity index (χ4n) is 4.13. The van der Waals surface area contributed by atoms with Crippen LogP contribution < -0.4 is 20.2 Å². The molecule has 0 aliphatic rings. The lowest BCUT2D eigenvalue weighted by Gasteiger charge is -2.25. The zero-order chi connectivity index (χ0) is 30.5. The van der Waals surface area contributed by atoms with Crippen molar-refractivity contribution in [1.82, 2.24) is 9.55 Å². The van der Waals surface area contributed by atoms with E-state index in [1.807, 2.05) is 20.8 Å². The number of hydrogen-bond acceptors (Lipinski definition) is 6. The SMILES string of the molecule is COc1c(-c2ccc3cc(OS(=O)(=O)C(F)(F)C(F)(F)F)ccc3c2)cc(-n2ccc(=O)[nH]c2=O)cc1C(C)(C)C. The van der Waals surface area contributed by atoms with Gasteiger partial charge in [-0.15, -0.1) is 0 Å². The second-order valence-electron chi connectivity index (χ2n) is 10.1. The van der Waals surface area contributed by atoms with Crippen molar-refractivity contribution in [2.45, 2.75) is 37.6 Å². The molecule has 41 heavy (non-hydrogen) atoms. The van der Waals surface area contributed by atoms with Crippen molar-refractivity contribution >= 4 is 20.9 Å². The minimum absolute atomic E-state index is 0.278. The molecule has 0 atom stereocenters. The molecule has 0 spiro atoms. The normalized spacial score (nSPS) is 12.9. The van der Waals surface area contributed by atoms with Crippen molar-refractivity contribution < 1.29 is 39.3 Å². The molecule has 14 heteroatoms. The molecule has 0 saturated carbocycles. The molecule has 4 aromatic rings. The number of halogens is 5. The molecule has 1 heterocycles. The van der Waals surface area contributed by atoms with Crippen molar-refractivity contribution in [2.24, 2.45) is 0 Å². The molecule has 1 N–H and O–H groups in total. The highest BCUT2D eigenvalue weighted by molar-refractivity contribution is 7.88. The van der Waals surface area contributed by atoms with Crippen molar-refractivity contribution in [3.05, 3.63) is 87.2 Å². The lowest BCUT2D eigenvalue weighted by Crippen LogP contribution is -2.46. The van der Waals surface area contributed by atoms with Crippen LogP contribution in [-0.2, 0) is 15.5 Å². The Morgan fingerprint density at radius 3 is 2.07 bits per heavy atom. The standard InChI is InChI=1S/C27H23F5N2O6S/c1-25(2,3)21-14-18(34-10-9-22(35)33-24(34)36)13-20(23(21)39-4)17-6-5-16-12-19(8-7-15(16)11-17)40-41(37,38)27(31,32)26(28,29)30/h5-14H,1-4H3,(H,33,35,36). The van der Waals surface area contributed by atoms with Crippen molar-refractivity contribution in [1.29, 1.82) is 0 Å². The molecule has 0 unspecified atom stereocenters. The Labute approximate surface area is 230 Å². The lowest BCUT2D eigenvalue weighted by atomic mass is 9.83. The molecule has 0 aliphatic carbocycles. The zero-order valence-corrected chi connectivity index (χ0v) is 22.8. The molecule has 0 radical (unpaired) electrons. The van der Waals surface area contributed by atoms with Crippen molar-refractivity contribution in [3.8, 4) is 28.3 Å². The predicted molar refractivity (Wildman–Crippen MR) is 141 cm³/mol. The number of ether oxygens (including phenoxy) is 1. The maximum atomic E-state index is 13.4. The minimum atomic E-state index is -6.38. The first-order chi connectivity index (χ1) is 18.9. The number of methoxy groups -OCH3 is 1. The molecule has 4 rings (SSSR count). The van der Waals surface area contributed by atoms with Crippen LogP contribution in [0.5, 0.6) is 11.5 Å². The number of rotatable bonds is 6. The van der Waals surface area contributed by atoms with E-state index >= 15 is 0 Å². The third kappa shape index (κ3) is 5.56. The number of nitrogens with zero attached hydrogens (tertiary/aromatic N) is 1. The Morgan fingerprint density at radius 1 is 0.854 bits per heavy atom. The van der Waals surface area contributed by atoms with Crippen molar-refractivity contribution in [3.63, 3.8) is 0 Å². The lowest BCUT2D eigenvalue weighted by molar-refractivity contribution is -0.243. The smallest absolute Gasteiger partial charge is 0.475 e. The van der Waals surface area contributed by atoms with Crippen LogP contribution in [0.4, 0.5) is 22.0 Å². The van der Waals surface area contributed by atoms with Crippen LogP contribution in [0, 0.1) is 0 Å². The summed E-state index contributed by atoms with van der Waals surface area (Å²) in [7, 11) is -4.91. The molecular weight excluding hydrogens is 575 g/mol. The minimum Gasteiger partial charge on any atom is -0.496 e. The Balaban J connectivity index is 1.84. The largest absolute Gasteiger partial charge is 0.496 e. The van der Waals surface area contributed by atoms with Gasteiger partial charge in [0.2, 0.25) is 0 Å². The van der Waals surface area contributed by atoms with Gasteiger partial charge in [0.25, 0.3) is 5.56 Å². The van der Waals surface area contributed by atoms with E-state index in [2.05, 4.69) is 9.17 Å². The number of H-pyrrole nitrogens is 1. The van der Waals surface area contributed by atoms with Crippen LogP contribution in [0.15, 0.2) is 70.4 Å². The fourth-order valence-corrected chi connectivity index (χ4v) is 4.87. The van der Waals surface area contributed by atoms with E-state index < -0.39 is 44.0 Å².